The van der Waals surface area contributed by atoms with E-state index in [1.165, 1.54) is 32.1 Å². The summed E-state index contributed by atoms with van der Waals surface area (Å²) in [5.74, 6) is -0.533. The van der Waals surface area contributed by atoms with Crippen LogP contribution >= 0.6 is 0 Å². The van der Waals surface area contributed by atoms with Gasteiger partial charge in [-0.2, -0.15) is 5.48 Å². The van der Waals surface area contributed by atoms with E-state index in [0.29, 0.717) is 12.8 Å². The summed E-state index contributed by atoms with van der Waals surface area (Å²) in [4.78, 5) is 29.8. The minimum atomic E-state index is -0.533. The van der Waals surface area contributed by atoms with Gasteiger partial charge in [0.05, 0.1) is 6.42 Å². The van der Waals surface area contributed by atoms with Gasteiger partial charge in [-0.15, -0.1) is 0 Å². The van der Waals surface area contributed by atoms with Gasteiger partial charge in [-0.05, 0) is 6.42 Å². The maximum atomic E-state index is 10.9. The molecule has 0 unspecified atom stereocenters. The average Bonchev–Trinajstić information content (AvgIpc) is 2.38. The van der Waals surface area contributed by atoms with Gasteiger partial charge in [0.1, 0.15) is 6.29 Å². The Morgan fingerprint density at radius 3 is 2.44 bits per heavy atom. The van der Waals surface area contributed by atoms with Crippen LogP contribution in [-0.4, -0.2) is 18.8 Å². The van der Waals surface area contributed by atoms with Crippen molar-refractivity contribution in [3.63, 3.8) is 0 Å². The van der Waals surface area contributed by atoms with Crippen LogP contribution in [0.2, 0.25) is 0 Å². The van der Waals surface area contributed by atoms with Crippen LogP contribution in [0.25, 0.3) is 0 Å². The molecule has 5 heteroatoms. The molecule has 0 aliphatic carbocycles. The molecule has 0 saturated heterocycles. The van der Waals surface area contributed by atoms with Crippen molar-refractivity contribution in [3.05, 3.63) is 0 Å². The average molecular weight is 259 g/mol. The molecule has 0 spiro atoms. The van der Waals surface area contributed by atoms with E-state index < -0.39 is 5.97 Å². The van der Waals surface area contributed by atoms with Crippen LogP contribution in [-0.2, 0) is 19.5 Å². The number of rotatable bonds is 13. The van der Waals surface area contributed by atoms with E-state index in [-0.39, 0.29) is 12.8 Å². The first-order chi connectivity index (χ1) is 8.81. The van der Waals surface area contributed by atoms with Crippen molar-refractivity contribution in [3.8, 4) is 0 Å². The van der Waals surface area contributed by atoms with Crippen molar-refractivity contribution in [2.75, 3.05) is 6.54 Å². The number of carbonyl (C=O) groups is 2. The monoisotopic (exact) mass is 259 g/mol. The quantitative estimate of drug-likeness (QED) is 0.238. The molecular formula is C13H25NO4. The SMILES string of the molecule is CCCCCCCCCNOOC(=O)CCC=O. The number of nitrogens with one attached hydrogen (secondary N) is 1. The lowest BCUT2D eigenvalue weighted by Crippen LogP contribution is -2.19. The Morgan fingerprint density at radius 1 is 1.11 bits per heavy atom. The smallest absolute Gasteiger partial charge is 0.303 e. The number of hydrogen-bond donors (Lipinski definition) is 1. The Balaban J connectivity index is 3.06. The summed E-state index contributed by atoms with van der Waals surface area (Å²) in [5, 5.41) is 0. The highest BCUT2D eigenvalue weighted by Crippen LogP contribution is 2.06. The molecule has 0 aliphatic heterocycles. The molecule has 0 heterocycles. The lowest BCUT2D eigenvalue weighted by atomic mass is 10.1. The molecule has 0 saturated carbocycles. The second-order valence-electron chi connectivity index (χ2n) is 4.26. The van der Waals surface area contributed by atoms with E-state index in [1.807, 2.05) is 0 Å². The van der Waals surface area contributed by atoms with Gasteiger partial charge < -0.3 is 4.79 Å². The van der Waals surface area contributed by atoms with Gasteiger partial charge in [0.2, 0.25) is 0 Å². The van der Waals surface area contributed by atoms with E-state index in [0.717, 1.165) is 12.8 Å². The summed E-state index contributed by atoms with van der Waals surface area (Å²) < 4.78 is 0. The molecule has 0 rings (SSSR count). The van der Waals surface area contributed by atoms with Gasteiger partial charge in [0.15, 0.2) is 0 Å². The molecule has 0 atom stereocenters. The first-order valence-corrected chi connectivity index (χ1v) is 6.84. The third kappa shape index (κ3) is 13.1. The number of hydroxylamine groups is 1. The van der Waals surface area contributed by atoms with Crippen molar-refractivity contribution in [1.82, 2.24) is 5.48 Å². The predicted octanol–water partition coefficient (Wildman–Crippen LogP) is 2.70. The Kier molecular flexibility index (Phi) is 13.4. The zero-order valence-corrected chi connectivity index (χ0v) is 11.3. The number of carbonyl (C=O) groups excluding carboxylic acids is 2. The fourth-order valence-corrected chi connectivity index (χ4v) is 1.49. The van der Waals surface area contributed by atoms with E-state index in [1.54, 1.807) is 0 Å². The van der Waals surface area contributed by atoms with E-state index in [4.69, 9.17) is 0 Å². The summed E-state index contributed by atoms with van der Waals surface area (Å²) in [6.45, 7) is 2.87. The first-order valence-electron chi connectivity index (χ1n) is 6.84. The zero-order valence-electron chi connectivity index (χ0n) is 11.3. The molecule has 0 radical (unpaired) electrons. The summed E-state index contributed by atoms with van der Waals surface area (Å²) in [6.07, 6.45) is 9.47. The maximum Gasteiger partial charge on any atom is 0.344 e. The van der Waals surface area contributed by atoms with Crippen LogP contribution in [0.5, 0.6) is 0 Å². The highest BCUT2D eigenvalue weighted by Gasteiger charge is 2.02. The molecule has 0 fully saturated rings. The largest absolute Gasteiger partial charge is 0.344 e. The number of aldehydes is 1. The summed E-state index contributed by atoms with van der Waals surface area (Å²) >= 11 is 0. The predicted molar refractivity (Wildman–Crippen MR) is 68.5 cm³/mol. The van der Waals surface area contributed by atoms with Crippen LogP contribution in [0.4, 0.5) is 0 Å². The first kappa shape index (κ1) is 17.1. The van der Waals surface area contributed by atoms with Crippen molar-refractivity contribution in [2.45, 2.75) is 64.7 Å². The standard InChI is InChI=1S/C13H25NO4/c1-2-3-4-5-6-7-8-11-14-18-17-13(16)10-9-12-15/h12,14H,2-11H2,1H3. The molecular weight excluding hydrogens is 234 g/mol. The van der Waals surface area contributed by atoms with Crippen LogP contribution in [0.1, 0.15) is 64.7 Å². The highest BCUT2D eigenvalue weighted by atomic mass is 17.3. The van der Waals surface area contributed by atoms with Crippen molar-refractivity contribution in [1.29, 1.82) is 0 Å². The Labute approximate surface area is 109 Å². The topological polar surface area (TPSA) is 64.6 Å². The second kappa shape index (κ2) is 14.1. The van der Waals surface area contributed by atoms with Gasteiger partial charge in [-0.1, -0.05) is 50.4 Å². The van der Waals surface area contributed by atoms with Crippen molar-refractivity contribution >= 4 is 12.3 Å². The van der Waals surface area contributed by atoms with Crippen molar-refractivity contribution in [2.24, 2.45) is 0 Å². The number of unbranched alkanes of at least 4 members (excludes halogenated alkanes) is 6. The molecule has 0 aliphatic rings. The van der Waals surface area contributed by atoms with Crippen molar-refractivity contribution < 1.29 is 19.5 Å². The van der Waals surface area contributed by atoms with Gasteiger partial charge in [0.25, 0.3) is 0 Å². The van der Waals surface area contributed by atoms with Crippen LogP contribution < -0.4 is 5.48 Å². The molecule has 0 amide bonds. The summed E-state index contributed by atoms with van der Waals surface area (Å²) in [6, 6.07) is 0. The van der Waals surface area contributed by atoms with Crippen LogP contribution in [0.3, 0.4) is 0 Å². The molecule has 0 aromatic heterocycles. The fourth-order valence-electron chi connectivity index (χ4n) is 1.49. The fraction of sp³-hybridized carbons (Fsp3) is 0.846. The Morgan fingerprint density at radius 2 is 1.78 bits per heavy atom. The van der Waals surface area contributed by atoms with Gasteiger partial charge in [-0.3, -0.25) is 4.89 Å². The molecule has 0 aromatic carbocycles. The molecule has 5 nitrogen and oxygen atoms in total. The third-order valence-electron chi connectivity index (χ3n) is 2.54. The van der Waals surface area contributed by atoms with Gasteiger partial charge >= 0.3 is 5.97 Å². The number of hydrogen-bond acceptors (Lipinski definition) is 5. The molecule has 0 aromatic rings. The normalized spacial score (nSPS) is 10.3. The molecule has 106 valence electrons. The van der Waals surface area contributed by atoms with Gasteiger partial charge in [0, 0.05) is 13.0 Å². The molecule has 1 N–H and O–H groups in total. The Bertz CT molecular complexity index is 209. The second-order valence-corrected chi connectivity index (χ2v) is 4.26. The van der Waals surface area contributed by atoms with Gasteiger partial charge in [-0.25, -0.2) is 4.79 Å². The summed E-state index contributed by atoms with van der Waals surface area (Å²) in [7, 11) is 0. The molecule has 18 heavy (non-hydrogen) atoms. The van der Waals surface area contributed by atoms with Crippen LogP contribution in [0.15, 0.2) is 0 Å². The van der Waals surface area contributed by atoms with E-state index in [2.05, 4.69) is 22.3 Å². The lowest BCUT2D eigenvalue weighted by molar-refractivity contribution is -0.308. The molecule has 0 bridgehead atoms. The lowest BCUT2D eigenvalue weighted by Gasteiger charge is -2.04. The summed E-state index contributed by atoms with van der Waals surface area (Å²) in [5.41, 5.74) is 2.56. The van der Waals surface area contributed by atoms with E-state index in [9.17, 15) is 9.59 Å². The minimum absolute atomic E-state index is 0.0581. The minimum Gasteiger partial charge on any atom is -0.303 e. The Hall–Kier alpha value is -0.940. The zero-order chi connectivity index (χ0) is 13.5. The van der Waals surface area contributed by atoms with E-state index >= 15 is 0 Å². The van der Waals surface area contributed by atoms with Crippen LogP contribution in [0, 0.1) is 0 Å². The maximum absolute atomic E-state index is 10.9. The third-order valence-corrected chi connectivity index (χ3v) is 2.54. The highest BCUT2D eigenvalue weighted by molar-refractivity contribution is 5.71.